The number of thioether (sulfide) groups is 1. The molecule has 4 rings (SSSR count). The van der Waals surface area contributed by atoms with Gasteiger partial charge in [0.05, 0.1) is 5.88 Å². The molecule has 0 saturated carbocycles. The molecule has 1 fully saturated rings. The Morgan fingerprint density at radius 1 is 1.16 bits per heavy atom. The normalized spacial score (nSPS) is 15.6. The van der Waals surface area contributed by atoms with Crippen LogP contribution in [0.4, 0.5) is 4.39 Å². The van der Waals surface area contributed by atoms with Crippen LogP contribution in [0, 0.1) is 12.7 Å². The van der Waals surface area contributed by atoms with Crippen molar-refractivity contribution in [3.8, 4) is 5.69 Å². The van der Waals surface area contributed by atoms with Crippen LogP contribution in [0.25, 0.3) is 5.69 Å². The lowest BCUT2D eigenvalue weighted by Crippen LogP contribution is -2.48. The maximum atomic E-state index is 14.3. The van der Waals surface area contributed by atoms with Gasteiger partial charge in [-0.1, -0.05) is 42.5 Å². The van der Waals surface area contributed by atoms with Crippen LogP contribution in [0.1, 0.15) is 21.7 Å². The summed E-state index contributed by atoms with van der Waals surface area (Å²) in [6.07, 6.45) is 0. The number of para-hydroxylation sites is 1. The SMILES string of the molecule is Cc1cc(=O)c(C(=O)N2CSC[C@H]2C(=O)NCc2ccccc2)nn1-c1ccccc1F. The van der Waals surface area contributed by atoms with Crippen LogP contribution in [-0.2, 0) is 11.3 Å². The first-order valence-corrected chi connectivity index (χ1v) is 11.2. The second kappa shape index (κ2) is 9.35. The summed E-state index contributed by atoms with van der Waals surface area (Å²) in [6, 6.07) is 16.0. The second-order valence-corrected chi connectivity index (χ2v) is 8.36. The Labute approximate surface area is 188 Å². The molecule has 9 heteroatoms. The van der Waals surface area contributed by atoms with Gasteiger partial charge in [-0.05, 0) is 24.6 Å². The number of rotatable bonds is 5. The maximum Gasteiger partial charge on any atom is 0.279 e. The molecule has 32 heavy (non-hydrogen) atoms. The molecule has 0 unspecified atom stereocenters. The summed E-state index contributed by atoms with van der Waals surface area (Å²) >= 11 is 1.42. The number of benzene rings is 2. The molecule has 2 amide bonds. The fraction of sp³-hybridized carbons (Fsp3) is 0.217. The lowest BCUT2D eigenvalue weighted by Gasteiger charge is -2.23. The largest absolute Gasteiger partial charge is 0.350 e. The Hall–Kier alpha value is -3.46. The van der Waals surface area contributed by atoms with Crippen molar-refractivity contribution < 1.29 is 14.0 Å². The van der Waals surface area contributed by atoms with Crippen molar-refractivity contribution in [2.24, 2.45) is 0 Å². The van der Waals surface area contributed by atoms with E-state index in [1.165, 1.54) is 39.5 Å². The summed E-state index contributed by atoms with van der Waals surface area (Å²) in [5.41, 5.74) is 0.552. The van der Waals surface area contributed by atoms with Crippen molar-refractivity contribution >= 4 is 23.6 Å². The quantitative estimate of drug-likeness (QED) is 0.643. The summed E-state index contributed by atoms with van der Waals surface area (Å²) in [5.74, 6) is -0.796. The molecule has 0 radical (unpaired) electrons. The van der Waals surface area contributed by atoms with Crippen LogP contribution in [0.15, 0.2) is 65.5 Å². The van der Waals surface area contributed by atoms with Gasteiger partial charge in [-0.3, -0.25) is 14.4 Å². The van der Waals surface area contributed by atoms with Crippen LogP contribution in [-0.4, -0.2) is 44.2 Å². The average Bonchev–Trinajstić information content (AvgIpc) is 3.29. The van der Waals surface area contributed by atoms with Gasteiger partial charge >= 0.3 is 0 Å². The van der Waals surface area contributed by atoms with Crippen LogP contribution in [0.5, 0.6) is 0 Å². The molecule has 7 nitrogen and oxygen atoms in total. The molecule has 1 aliphatic heterocycles. The summed E-state index contributed by atoms with van der Waals surface area (Å²) in [4.78, 5) is 39.9. The van der Waals surface area contributed by atoms with E-state index in [0.29, 0.717) is 18.0 Å². The zero-order valence-electron chi connectivity index (χ0n) is 17.3. The predicted octanol–water partition coefficient (Wildman–Crippen LogP) is 2.51. The van der Waals surface area contributed by atoms with E-state index < -0.39 is 23.2 Å². The minimum atomic E-state index is -0.722. The highest BCUT2D eigenvalue weighted by Gasteiger charge is 2.36. The number of carbonyl (C=O) groups is 2. The number of hydrogen-bond acceptors (Lipinski definition) is 5. The molecule has 164 valence electrons. The first kappa shape index (κ1) is 21.8. The Morgan fingerprint density at radius 2 is 1.88 bits per heavy atom. The van der Waals surface area contributed by atoms with Crippen LogP contribution in [0.3, 0.4) is 0 Å². The van der Waals surface area contributed by atoms with Crippen molar-refractivity contribution in [2.75, 3.05) is 11.6 Å². The molecular formula is C23H21FN4O3S. The van der Waals surface area contributed by atoms with Gasteiger partial charge in [0.25, 0.3) is 5.91 Å². The van der Waals surface area contributed by atoms with Crippen LogP contribution < -0.4 is 10.7 Å². The van der Waals surface area contributed by atoms with Gasteiger partial charge in [-0.2, -0.15) is 5.10 Å². The minimum Gasteiger partial charge on any atom is -0.350 e. The second-order valence-electron chi connectivity index (χ2n) is 7.36. The summed E-state index contributed by atoms with van der Waals surface area (Å²) in [5, 5.41) is 7.01. The molecular weight excluding hydrogens is 431 g/mol. The molecule has 0 bridgehead atoms. The van der Waals surface area contributed by atoms with Crippen molar-refractivity contribution in [1.29, 1.82) is 0 Å². The van der Waals surface area contributed by atoms with E-state index in [1.807, 2.05) is 30.3 Å². The topological polar surface area (TPSA) is 84.3 Å². The molecule has 2 heterocycles. The summed E-state index contributed by atoms with van der Waals surface area (Å²) in [6.45, 7) is 1.95. The van der Waals surface area contributed by atoms with Gasteiger partial charge in [0.15, 0.2) is 5.69 Å². The van der Waals surface area contributed by atoms with E-state index in [9.17, 15) is 18.8 Å². The highest BCUT2D eigenvalue weighted by Crippen LogP contribution is 2.23. The molecule has 1 N–H and O–H groups in total. The first-order chi connectivity index (χ1) is 15.5. The van der Waals surface area contributed by atoms with Crippen molar-refractivity contribution in [3.63, 3.8) is 0 Å². The summed E-state index contributed by atoms with van der Waals surface area (Å²) in [7, 11) is 0. The van der Waals surface area contributed by atoms with E-state index >= 15 is 0 Å². The Kier molecular flexibility index (Phi) is 6.36. The number of aromatic nitrogens is 2. The van der Waals surface area contributed by atoms with Crippen molar-refractivity contribution in [1.82, 2.24) is 20.0 Å². The lowest BCUT2D eigenvalue weighted by molar-refractivity contribution is -0.124. The molecule has 1 saturated heterocycles. The van der Waals surface area contributed by atoms with Crippen molar-refractivity contribution in [3.05, 3.63) is 93.7 Å². The third kappa shape index (κ3) is 4.43. The fourth-order valence-electron chi connectivity index (χ4n) is 3.46. The van der Waals surface area contributed by atoms with E-state index in [4.69, 9.17) is 0 Å². The molecule has 2 aromatic carbocycles. The molecule has 0 spiro atoms. The van der Waals surface area contributed by atoms with Gasteiger partial charge in [-0.15, -0.1) is 11.8 Å². The molecule has 1 aromatic heterocycles. The monoisotopic (exact) mass is 452 g/mol. The minimum absolute atomic E-state index is 0.131. The predicted molar refractivity (Wildman–Crippen MR) is 120 cm³/mol. The molecule has 0 aliphatic carbocycles. The van der Waals surface area contributed by atoms with Gasteiger partial charge in [-0.25, -0.2) is 9.07 Å². The number of hydrogen-bond donors (Lipinski definition) is 1. The van der Waals surface area contributed by atoms with Crippen LogP contribution in [0.2, 0.25) is 0 Å². The average molecular weight is 453 g/mol. The highest BCUT2D eigenvalue weighted by molar-refractivity contribution is 7.99. The molecule has 3 aromatic rings. The van der Waals surface area contributed by atoms with E-state index in [0.717, 1.165) is 5.56 Å². The molecule has 1 atom stereocenters. The number of carbonyl (C=O) groups excluding carboxylic acids is 2. The number of aryl methyl sites for hydroxylation is 1. The van der Waals surface area contributed by atoms with Crippen LogP contribution >= 0.6 is 11.8 Å². The van der Waals surface area contributed by atoms with Crippen molar-refractivity contribution in [2.45, 2.75) is 19.5 Å². The fourth-order valence-corrected chi connectivity index (χ4v) is 4.62. The smallest absolute Gasteiger partial charge is 0.279 e. The van der Waals surface area contributed by atoms with Gasteiger partial charge in [0.1, 0.15) is 17.5 Å². The zero-order chi connectivity index (χ0) is 22.7. The zero-order valence-corrected chi connectivity index (χ0v) is 18.1. The standard InChI is InChI=1S/C23H21FN4O3S/c1-15-11-20(29)21(26-28(15)18-10-6-5-9-17(18)24)23(31)27-14-32-13-19(27)22(30)25-12-16-7-3-2-4-8-16/h2-11,19H,12-14H2,1H3,(H,25,30)/t19-/m0/s1. The maximum absolute atomic E-state index is 14.3. The third-order valence-electron chi connectivity index (χ3n) is 5.15. The third-order valence-corrected chi connectivity index (χ3v) is 6.16. The van der Waals surface area contributed by atoms with E-state index in [-0.39, 0.29) is 23.2 Å². The summed E-state index contributed by atoms with van der Waals surface area (Å²) < 4.78 is 15.5. The highest BCUT2D eigenvalue weighted by atomic mass is 32.2. The number of nitrogens with one attached hydrogen (secondary N) is 1. The van der Waals surface area contributed by atoms with E-state index in [2.05, 4.69) is 10.4 Å². The molecule has 1 aliphatic rings. The van der Waals surface area contributed by atoms with Gasteiger partial charge in [0, 0.05) is 24.1 Å². The van der Waals surface area contributed by atoms with Gasteiger partial charge in [0.2, 0.25) is 11.3 Å². The number of nitrogens with zero attached hydrogens (tertiary/aromatic N) is 3. The lowest BCUT2D eigenvalue weighted by atomic mass is 10.2. The van der Waals surface area contributed by atoms with E-state index in [1.54, 1.807) is 19.1 Å². The number of amides is 2. The first-order valence-electron chi connectivity index (χ1n) is 10.0. The number of halogens is 1. The Bertz CT molecular complexity index is 1220. The van der Waals surface area contributed by atoms with Gasteiger partial charge < -0.3 is 10.2 Å². The Morgan fingerprint density at radius 3 is 2.62 bits per heavy atom. The Balaban J connectivity index is 1.58.